The monoisotopic (exact) mass is 343 g/mol. The van der Waals surface area contributed by atoms with Crippen molar-refractivity contribution in [2.75, 3.05) is 7.05 Å². The molecule has 1 N–H and O–H groups in total. The molecule has 0 spiro atoms. The van der Waals surface area contributed by atoms with Gasteiger partial charge in [0.2, 0.25) is 11.7 Å². The van der Waals surface area contributed by atoms with Gasteiger partial charge in [0.05, 0.1) is 0 Å². The first-order valence-electron chi connectivity index (χ1n) is 8.36. The van der Waals surface area contributed by atoms with Crippen LogP contribution in [-0.4, -0.2) is 54.7 Å². The Morgan fingerprint density at radius 3 is 2.52 bits per heavy atom. The van der Waals surface area contributed by atoms with Gasteiger partial charge in [0.25, 0.3) is 0 Å². The van der Waals surface area contributed by atoms with Gasteiger partial charge in [0.1, 0.15) is 12.1 Å². The molecular formula is C17H21N5O3. The topological polar surface area (TPSA) is 101 Å². The van der Waals surface area contributed by atoms with Crippen molar-refractivity contribution >= 4 is 11.9 Å². The molecule has 0 aliphatic heterocycles. The van der Waals surface area contributed by atoms with Gasteiger partial charge in [-0.25, -0.2) is 4.79 Å². The summed E-state index contributed by atoms with van der Waals surface area (Å²) in [6.07, 6.45) is 3.57. The maximum Gasteiger partial charge on any atom is 0.329 e. The Balaban J connectivity index is 1.73. The molecule has 1 aromatic carbocycles. The number of carbonyl (C=O) groups excluding carboxylic acids is 1. The summed E-state index contributed by atoms with van der Waals surface area (Å²) in [5.41, 5.74) is -0.318. The Kier molecular flexibility index (Phi) is 4.78. The lowest BCUT2D eigenvalue weighted by Gasteiger charge is -2.40. The lowest BCUT2D eigenvalue weighted by molar-refractivity contribution is -0.160. The highest BCUT2D eigenvalue weighted by Gasteiger charge is 2.45. The molecule has 1 aromatic heterocycles. The van der Waals surface area contributed by atoms with Crippen molar-refractivity contribution in [1.82, 2.24) is 25.1 Å². The van der Waals surface area contributed by atoms with Crippen LogP contribution < -0.4 is 0 Å². The van der Waals surface area contributed by atoms with Crippen molar-refractivity contribution in [2.24, 2.45) is 0 Å². The number of benzene rings is 1. The number of carboxylic acid groups (broad SMARTS) is 1. The molecule has 1 aliphatic carbocycles. The first-order valence-corrected chi connectivity index (χ1v) is 8.36. The van der Waals surface area contributed by atoms with E-state index in [-0.39, 0.29) is 12.5 Å². The van der Waals surface area contributed by atoms with Crippen LogP contribution in [0.25, 0.3) is 11.4 Å². The summed E-state index contributed by atoms with van der Waals surface area (Å²) in [6.45, 7) is -0.134. The van der Waals surface area contributed by atoms with E-state index in [4.69, 9.17) is 0 Å². The molecular weight excluding hydrogens is 322 g/mol. The highest BCUT2D eigenvalue weighted by Crippen LogP contribution is 2.33. The molecule has 1 heterocycles. The number of hydrogen-bond acceptors (Lipinski definition) is 5. The summed E-state index contributed by atoms with van der Waals surface area (Å²) < 4.78 is 0. The van der Waals surface area contributed by atoms with Gasteiger partial charge < -0.3 is 10.0 Å². The number of rotatable bonds is 5. The standard InChI is InChI=1S/C17H21N5O3/c1-21(17(16(24)25)10-6-3-7-11-17)14(23)12-22-19-15(18-20-22)13-8-4-2-5-9-13/h2,4-5,8-9H,3,6-7,10-12H2,1H3,(H,24,25). The van der Waals surface area contributed by atoms with Gasteiger partial charge in [-0.1, -0.05) is 49.6 Å². The Morgan fingerprint density at radius 1 is 1.20 bits per heavy atom. The van der Waals surface area contributed by atoms with Crippen LogP contribution in [0.15, 0.2) is 30.3 Å². The Hall–Kier alpha value is -2.77. The number of aromatic nitrogens is 4. The zero-order valence-corrected chi connectivity index (χ0v) is 14.1. The van der Waals surface area contributed by atoms with E-state index >= 15 is 0 Å². The molecule has 1 amide bonds. The third kappa shape index (κ3) is 3.38. The van der Waals surface area contributed by atoms with Gasteiger partial charge in [-0.05, 0) is 18.1 Å². The van der Waals surface area contributed by atoms with Gasteiger partial charge in [0, 0.05) is 12.6 Å². The van der Waals surface area contributed by atoms with Crippen LogP contribution >= 0.6 is 0 Å². The Morgan fingerprint density at radius 2 is 1.88 bits per heavy atom. The normalized spacial score (nSPS) is 16.4. The maximum atomic E-state index is 12.6. The molecule has 0 radical (unpaired) electrons. The van der Waals surface area contributed by atoms with E-state index < -0.39 is 11.5 Å². The summed E-state index contributed by atoms with van der Waals surface area (Å²) in [5, 5.41) is 21.8. The quantitative estimate of drug-likeness (QED) is 0.884. The molecule has 0 saturated heterocycles. The predicted molar refractivity (Wildman–Crippen MR) is 89.5 cm³/mol. The summed E-state index contributed by atoms with van der Waals surface area (Å²) in [7, 11) is 1.55. The highest BCUT2D eigenvalue weighted by atomic mass is 16.4. The SMILES string of the molecule is CN(C(=O)Cn1nnc(-c2ccccc2)n1)C1(C(=O)O)CCCCC1. The number of nitrogens with zero attached hydrogens (tertiary/aromatic N) is 5. The fourth-order valence-electron chi connectivity index (χ4n) is 3.31. The van der Waals surface area contributed by atoms with Crippen LogP contribution in [0.3, 0.4) is 0 Å². The van der Waals surface area contributed by atoms with Crippen LogP contribution in [0, 0.1) is 0 Å². The van der Waals surface area contributed by atoms with Crippen LogP contribution in [-0.2, 0) is 16.1 Å². The first-order chi connectivity index (χ1) is 12.0. The molecule has 132 valence electrons. The fraction of sp³-hybridized carbons (Fsp3) is 0.471. The van der Waals surface area contributed by atoms with Crippen molar-refractivity contribution in [3.63, 3.8) is 0 Å². The average Bonchev–Trinajstić information content (AvgIpc) is 3.10. The number of aliphatic carboxylic acids is 1. The van der Waals surface area contributed by atoms with Crippen LogP contribution in [0.2, 0.25) is 0 Å². The van der Waals surface area contributed by atoms with Crippen LogP contribution in [0.5, 0.6) is 0 Å². The van der Waals surface area contributed by atoms with E-state index in [1.807, 2.05) is 30.3 Å². The number of hydrogen-bond donors (Lipinski definition) is 1. The van der Waals surface area contributed by atoms with E-state index in [1.54, 1.807) is 7.05 Å². The first kappa shape index (κ1) is 17.1. The van der Waals surface area contributed by atoms with E-state index in [1.165, 1.54) is 9.70 Å². The molecule has 1 fully saturated rings. The molecule has 0 bridgehead atoms. The number of carboxylic acids is 1. The van der Waals surface area contributed by atoms with Gasteiger partial charge in [-0.2, -0.15) is 4.80 Å². The largest absolute Gasteiger partial charge is 0.479 e. The molecule has 1 aliphatic rings. The fourth-order valence-corrected chi connectivity index (χ4v) is 3.31. The summed E-state index contributed by atoms with van der Waals surface area (Å²) in [5.74, 6) is -0.845. The van der Waals surface area contributed by atoms with Crippen molar-refractivity contribution in [2.45, 2.75) is 44.2 Å². The lowest BCUT2D eigenvalue weighted by Crippen LogP contribution is -2.57. The number of amides is 1. The van der Waals surface area contributed by atoms with E-state index in [0.717, 1.165) is 24.8 Å². The second-order valence-corrected chi connectivity index (χ2v) is 6.36. The zero-order chi connectivity index (χ0) is 17.9. The minimum Gasteiger partial charge on any atom is -0.479 e. The van der Waals surface area contributed by atoms with Gasteiger partial charge in [0.15, 0.2) is 0 Å². The number of likely N-dealkylation sites (N-methyl/N-ethyl adjacent to an activating group) is 1. The summed E-state index contributed by atoms with van der Waals surface area (Å²) in [4.78, 5) is 27.0. The van der Waals surface area contributed by atoms with Crippen molar-refractivity contribution in [3.05, 3.63) is 30.3 Å². The second kappa shape index (κ2) is 7.00. The number of carbonyl (C=O) groups is 2. The highest BCUT2D eigenvalue weighted by molar-refractivity contribution is 5.86. The zero-order valence-electron chi connectivity index (χ0n) is 14.1. The Bertz CT molecular complexity index is 753. The molecule has 0 atom stereocenters. The average molecular weight is 343 g/mol. The maximum absolute atomic E-state index is 12.6. The lowest BCUT2D eigenvalue weighted by atomic mass is 9.80. The van der Waals surface area contributed by atoms with E-state index in [0.29, 0.717) is 18.7 Å². The molecule has 8 nitrogen and oxygen atoms in total. The van der Waals surface area contributed by atoms with Crippen LogP contribution in [0.1, 0.15) is 32.1 Å². The second-order valence-electron chi connectivity index (χ2n) is 6.36. The van der Waals surface area contributed by atoms with E-state index in [9.17, 15) is 14.7 Å². The van der Waals surface area contributed by atoms with Gasteiger partial charge >= 0.3 is 5.97 Å². The van der Waals surface area contributed by atoms with Crippen molar-refractivity contribution in [3.8, 4) is 11.4 Å². The molecule has 3 rings (SSSR count). The smallest absolute Gasteiger partial charge is 0.329 e. The molecule has 1 saturated carbocycles. The summed E-state index contributed by atoms with van der Waals surface area (Å²) >= 11 is 0. The van der Waals surface area contributed by atoms with Gasteiger partial charge in [-0.3, -0.25) is 4.79 Å². The van der Waals surface area contributed by atoms with Gasteiger partial charge in [-0.15, -0.1) is 10.2 Å². The molecule has 0 unspecified atom stereocenters. The minimum atomic E-state index is -1.13. The number of tetrazole rings is 1. The third-order valence-corrected chi connectivity index (χ3v) is 4.86. The van der Waals surface area contributed by atoms with Crippen molar-refractivity contribution < 1.29 is 14.7 Å². The third-order valence-electron chi connectivity index (χ3n) is 4.86. The van der Waals surface area contributed by atoms with E-state index in [2.05, 4.69) is 15.4 Å². The van der Waals surface area contributed by atoms with Crippen LogP contribution in [0.4, 0.5) is 0 Å². The van der Waals surface area contributed by atoms with Crippen molar-refractivity contribution in [1.29, 1.82) is 0 Å². The minimum absolute atomic E-state index is 0.134. The predicted octanol–water partition coefficient (Wildman–Crippen LogP) is 1.59. The summed E-state index contributed by atoms with van der Waals surface area (Å²) in [6, 6.07) is 9.35. The molecule has 2 aromatic rings. The molecule has 8 heteroatoms. The molecule has 25 heavy (non-hydrogen) atoms. The Labute approximate surface area is 145 Å².